The van der Waals surface area contributed by atoms with Gasteiger partial charge in [-0.05, 0) is 19.1 Å². The molecule has 9 heteroatoms. The maximum Gasteiger partial charge on any atom is 0.263 e. The third-order valence-electron chi connectivity index (χ3n) is 3.94. The Kier molecular flexibility index (Phi) is 4.32. The van der Waals surface area contributed by atoms with Crippen LogP contribution < -0.4 is 10.0 Å². The maximum atomic E-state index is 12.7. The number of thiazole rings is 2. The predicted octanol–water partition coefficient (Wildman–Crippen LogP) is 3.06. The number of nitrogens with one attached hydrogen (secondary N) is 2. The van der Waals surface area contributed by atoms with Gasteiger partial charge >= 0.3 is 0 Å². The fourth-order valence-electron chi connectivity index (χ4n) is 2.47. The molecule has 2 aromatic heterocycles. The van der Waals surface area contributed by atoms with E-state index in [9.17, 15) is 8.42 Å². The number of sulfonamides is 1. The van der Waals surface area contributed by atoms with Crippen molar-refractivity contribution in [2.24, 2.45) is 0 Å². The molecule has 4 rings (SSSR count). The second kappa shape index (κ2) is 6.49. The van der Waals surface area contributed by atoms with E-state index in [4.69, 9.17) is 0 Å². The van der Waals surface area contributed by atoms with Crippen LogP contribution in [0.2, 0.25) is 0 Å². The van der Waals surface area contributed by atoms with Crippen LogP contribution in [0.15, 0.2) is 40.7 Å². The smallest absolute Gasteiger partial charge is 0.263 e. The Morgan fingerprint density at radius 1 is 1.32 bits per heavy atom. The topological polar surface area (TPSA) is 84.0 Å². The largest absolute Gasteiger partial charge is 0.315 e. The van der Waals surface area contributed by atoms with E-state index < -0.39 is 10.0 Å². The molecule has 1 aromatic carbocycles. The SMILES string of the molecule is Cc1csc(-c2cccc(S(=O)(=O)Nc3ncc(C4CNC4)s3)c2)n1. The minimum atomic E-state index is -3.68. The van der Waals surface area contributed by atoms with Gasteiger partial charge in [0.05, 0.1) is 4.90 Å². The summed E-state index contributed by atoms with van der Waals surface area (Å²) >= 11 is 2.89. The molecule has 130 valence electrons. The van der Waals surface area contributed by atoms with Crippen molar-refractivity contribution >= 4 is 37.8 Å². The Hall–Kier alpha value is -1.81. The van der Waals surface area contributed by atoms with Crippen LogP contribution in [0.4, 0.5) is 5.13 Å². The Balaban J connectivity index is 1.58. The maximum absolute atomic E-state index is 12.7. The summed E-state index contributed by atoms with van der Waals surface area (Å²) in [5.74, 6) is 0.437. The molecule has 2 N–H and O–H groups in total. The number of hydrogen-bond donors (Lipinski definition) is 2. The zero-order chi connectivity index (χ0) is 17.4. The van der Waals surface area contributed by atoms with Gasteiger partial charge in [-0.15, -0.1) is 22.7 Å². The minimum absolute atomic E-state index is 0.208. The molecule has 1 aliphatic rings. The van der Waals surface area contributed by atoms with E-state index in [1.54, 1.807) is 24.4 Å². The number of nitrogens with zero attached hydrogens (tertiary/aromatic N) is 2. The van der Waals surface area contributed by atoms with Crippen molar-refractivity contribution in [1.82, 2.24) is 15.3 Å². The van der Waals surface area contributed by atoms with E-state index in [1.165, 1.54) is 22.7 Å². The van der Waals surface area contributed by atoms with Crippen LogP contribution >= 0.6 is 22.7 Å². The Bertz CT molecular complexity index is 1010. The van der Waals surface area contributed by atoms with Crippen LogP contribution in [0.5, 0.6) is 0 Å². The molecule has 25 heavy (non-hydrogen) atoms. The highest BCUT2D eigenvalue weighted by Crippen LogP contribution is 2.30. The first kappa shape index (κ1) is 16.6. The van der Waals surface area contributed by atoms with Gasteiger partial charge in [0.15, 0.2) is 5.13 Å². The molecule has 3 aromatic rings. The number of anilines is 1. The van der Waals surface area contributed by atoms with Crippen LogP contribution in [-0.2, 0) is 10.0 Å². The van der Waals surface area contributed by atoms with Gasteiger partial charge in [-0.25, -0.2) is 18.4 Å². The lowest BCUT2D eigenvalue weighted by Gasteiger charge is -2.25. The number of hydrogen-bond acceptors (Lipinski definition) is 7. The second-order valence-electron chi connectivity index (χ2n) is 5.85. The number of rotatable bonds is 5. The molecule has 0 aliphatic carbocycles. The van der Waals surface area contributed by atoms with Crippen LogP contribution in [0.1, 0.15) is 16.5 Å². The van der Waals surface area contributed by atoms with E-state index in [-0.39, 0.29) is 4.90 Å². The highest BCUT2D eigenvalue weighted by Gasteiger charge is 2.23. The average molecular weight is 393 g/mol. The molecular weight excluding hydrogens is 376 g/mol. The van der Waals surface area contributed by atoms with Crippen LogP contribution in [-0.4, -0.2) is 31.5 Å². The van der Waals surface area contributed by atoms with Crippen molar-refractivity contribution < 1.29 is 8.42 Å². The molecule has 3 heterocycles. The summed E-state index contributed by atoms with van der Waals surface area (Å²) in [7, 11) is -3.68. The van der Waals surface area contributed by atoms with Crippen molar-refractivity contribution in [1.29, 1.82) is 0 Å². The molecule has 1 aliphatic heterocycles. The van der Waals surface area contributed by atoms with Gasteiger partial charge in [0.1, 0.15) is 5.01 Å². The monoisotopic (exact) mass is 392 g/mol. The van der Waals surface area contributed by atoms with Crippen LogP contribution in [0, 0.1) is 6.92 Å². The molecular formula is C16H16N4O2S3. The first-order chi connectivity index (χ1) is 12.0. The Morgan fingerprint density at radius 2 is 2.16 bits per heavy atom. The lowest BCUT2D eigenvalue weighted by atomic mass is 10.0. The zero-order valence-corrected chi connectivity index (χ0v) is 15.8. The van der Waals surface area contributed by atoms with Gasteiger partial charge in [0, 0.05) is 46.7 Å². The summed E-state index contributed by atoms with van der Waals surface area (Å²) in [6, 6.07) is 6.82. The molecule has 1 saturated heterocycles. The number of aromatic nitrogens is 2. The molecule has 0 spiro atoms. The summed E-state index contributed by atoms with van der Waals surface area (Å²) in [6.07, 6.45) is 1.75. The quantitative estimate of drug-likeness (QED) is 0.697. The summed E-state index contributed by atoms with van der Waals surface area (Å²) < 4.78 is 27.9. The third-order valence-corrected chi connectivity index (χ3v) is 7.49. The Labute approximate surface area is 154 Å². The standard InChI is InChI=1S/C16H16N4O2S3/c1-10-9-23-15(19-10)11-3-2-4-13(5-11)25(21,22)20-16-18-8-14(24-16)12-6-17-7-12/h2-5,8-9,12,17H,6-7H2,1H3,(H,18,20). The molecule has 0 unspecified atom stereocenters. The minimum Gasteiger partial charge on any atom is -0.315 e. The third kappa shape index (κ3) is 3.45. The van der Waals surface area contributed by atoms with Gasteiger partial charge in [-0.3, -0.25) is 4.72 Å². The van der Waals surface area contributed by atoms with Crippen molar-refractivity contribution in [2.45, 2.75) is 17.7 Å². The van der Waals surface area contributed by atoms with Crippen molar-refractivity contribution in [3.8, 4) is 10.6 Å². The Morgan fingerprint density at radius 3 is 2.84 bits per heavy atom. The van der Waals surface area contributed by atoms with E-state index in [2.05, 4.69) is 20.0 Å². The molecule has 1 fully saturated rings. The highest BCUT2D eigenvalue weighted by molar-refractivity contribution is 7.93. The summed E-state index contributed by atoms with van der Waals surface area (Å²) in [4.78, 5) is 9.93. The second-order valence-corrected chi connectivity index (χ2v) is 9.45. The summed E-state index contributed by atoms with van der Waals surface area (Å²) in [5.41, 5.74) is 1.72. The first-order valence-corrected chi connectivity index (χ1v) is 10.9. The number of aryl methyl sites for hydroxylation is 1. The molecule has 0 amide bonds. The summed E-state index contributed by atoms with van der Waals surface area (Å²) in [5, 5.41) is 6.36. The molecule has 6 nitrogen and oxygen atoms in total. The molecule has 0 atom stereocenters. The highest BCUT2D eigenvalue weighted by atomic mass is 32.2. The van der Waals surface area contributed by atoms with Crippen molar-refractivity contribution in [2.75, 3.05) is 17.8 Å². The van der Waals surface area contributed by atoms with E-state index in [0.717, 1.165) is 34.2 Å². The predicted molar refractivity (Wildman–Crippen MR) is 101 cm³/mol. The number of benzene rings is 1. The fraction of sp³-hybridized carbons (Fsp3) is 0.250. The van der Waals surface area contributed by atoms with Crippen LogP contribution in [0.3, 0.4) is 0 Å². The first-order valence-electron chi connectivity index (χ1n) is 7.73. The van der Waals surface area contributed by atoms with Crippen molar-refractivity contribution in [3.63, 3.8) is 0 Å². The van der Waals surface area contributed by atoms with Crippen molar-refractivity contribution in [3.05, 3.63) is 46.4 Å². The van der Waals surface area contributed by atoms with Gasteiger partial charge in [-0.1, -0.05) is 12.1 Å². The summed E-state index contributed by atoms with van der Waals surface area (Å²) in [6.45, 7) is 3.76. The molecule has 0 bridgehead atoms. The molecule has 0 radical (unpaired) electrons. The fourth-order valence-corrected chi connectivity index (χ4v) is 5.47. The van der Waals surface area contributed by atoms with Gasteiger partial charge in [-0.2, -0.15) is 0 Å². The normalized spacial score (nSPS) is 15.1. The van der Waals surface area contributed by atoms with Gasteiger partial charge in [0.25, 0.3) is 10.0 Å². The lowest BCUT2D eigenvalue weighted by molar-refractivity contribution is 0.454. The van der Waals surface area contributed by atoms with E-state index in [1.807, 2.05) is 18.4 Å². The van der Waals surface area contributed by atoms with E-state index >= 15 is 0 Å². The zero-order valence-electron chi connectivity index (χ0n) is 13.4. The van der Waals surface area contributed by atoms with Gasteiger partial charge < -0.3 is 5.32 Å². The molecule has 0 saturated carbocycles. The lowest BCUT2D eigenvalue weighted by Crippen LogP contribution is -2.39. The van der Waals surface area contributed by atoms with E-state index in [0.29, 0.717) is 11.0 Å². The van der Waals surface area contributed by atoms with Crippen LogP contribution in [0.25, 0.3) is 10.6 Å². The average Bonchev–Trinajstić information content (AvgIpc) is 3.15. The van der Waals surface area contributed by atoms with Gasteiger partial charge in [0.2, 0.25) is 0 Å².